The van der Waals surface area contributed by atoms with E-state index in [4.69, 9.17) is 0 Å². The summed E-state index contributed by atoms with van der Waals surface area (Å²) in [5, 5.41) is 3.98. The van der Waals surface area contributed by atoms with Crippen LogP contribution in [-0.2, 0) is 22.6 Å². The molecule has 2 aromatic carbocycles. The fourth-order valence-corrected chi connectivity index (χ4v) is 3.84. The van der Waals surface area contributed by atoms with Crippen LogP contribution in [-0.4, -0.2) is 41.7 Å². The summed E-state index contributed by atoms with van der Waals surface area (Å²) in [5.41, 5.74) is 4.73. The second-order valence-corrected chi connectivity index (χ2v) is 8.79. The normalized spacial score (nSPS) is 11.7. The first-order chi connectivity index (χ1) is 16.0. The van der Waals surface area contributed by atoms with Crippen molar-refractivity contribution in [1.82, 2.24) is 15.2 Å². The Bertz CT molecular complexity index is 1080. The van der Waals surface area contributed by atoms with Gasteiger partial charge in [0.2, 0.25) is 5.91 Å². The van der Waals surface area contributed by atoms with E-state index in [-0.39, 0.29) is 17.6 Å². The number of H-pyrrole nitrogens is 1. The molecule has 1 aromatic heterocycles. The Morgan fingerprint density at radius 2 is 1.82 bits per heavy atom. The van der Waals surface area contributed by atoms with Crippen molar-refractivity contribution in [3.8, 4) is 0 Å². The van der Waals surface area contributed by atoms with Crippen LogP contribution >= 0.6 is 0 Å². The highest BCUT2D eigenvalue weighted by molar-refractivity contribution is 5.94. The Hall–Kier alpha value is -3.18. The SMILES string of the molecule is CNC(=O)CCCN(CCc1c[nH]c2ccccc12)Cc1ccc(/C=C/C(=O)C(C)C)cc1. The van der Waals surface area contributed by atoms with E-state index in [2.05, 4.69) is 63.9 Å². The Morgan fingerprint density at radius 3 is 2.55 bits per heavy atom. The maximum Gasteiger partial charge on any atom is 0.219 e. The molecule has 0 bridgehead atoms. The number of carbonyl (C=O) groups is 2. The molecule has 2 N–H and O–H groups in total. The first-order valence-electron chi connectivity index (χ1n) is 11.7. The summed E-state index contributed by atoms with van der Waals surface area (Å²) in [6, 6.07) is 16.7. The Kier molecular flexibility index (Phi) is 9.02. The average molecular weight is 446 g/mol. The van der Waals surface area contributed by atoms with Crippen molar-refractivity contribution in [3.05, 3.63) is 77.5 Å². The summed E-state index contributed by atoms with van der Waals surface area (Å²) < 4.78 is 0. The average Bonchev–Trinajstić information content (AvgIpc) is 3.24. The lowest BCUT2D eigenvalue weighted by atomic mass is 10.1. The highest BCUT2D eigenvalue weighted by atomic mass is 16.1. The number of nitrogens with zero attached hydrogens (tertiary/aromatic N) is 1. The molecule has 0 radical (unpaired) electrons. The lowest BCUT2D eigenvalue weighted by molar-refractivity contribution is -0.120. The van der Waals surface area contributed by atoms with Crippen LogP contribution in [0.2, 0.25) is 0 Å². The molecular formula is C28H35N3O2. The van der Waals surface area contributed by atoms with Crippen molar-refractivity contribution in [3.63, 3.8) is 0 Å². The van der Waals surface area contributed by atoms with Crippen molar-refractivity contribution in [2.75, 3.05) is 20.1 Å². The molecule has 0 aliphatic rings. The highest BCUT2D eigenvalue weighted by Gasteiger charge is 2.10. The molecule has 1 heterocycles. The van der Waals surface area contributed by atoms with Gasteiger partial charge in [-0.1, -0.05) is 62.4 Å². The maximum atomic E-state index is 11.8. The molecule has 0 aliphatic heterocycles. The van der Waals surface area contributed by atoms with Crippen LogP contribution in [0.15, 0.2) is 60.8 Å². The number of aromatic nitrogens is 1. The molecule has 0 aliphatic carbocycles. The number of para-hydroxylation sites is 1. The number of fused-ring (bicyclic) bond motifs is 1. The number of nitrogens with one attached hydrogen (secondary N) is 2. The number of amides is 1. The van der Waals surface area contributed by atoms with Gasteiger partial charge in [0, 0.05) is 49.6 Å². The third-order valence-corrected chi connectivity index (χ3v) is 5.92. The number of allylic oxidation sites excluding steroid dienone is 1. The van der Waals surface area contributed by atoms with Gasteiger partial charge in [-0.2, -0.15) is 0 Å². The van der Waals surface area contributed by atoms with E-state index in [1.807, 2.05) is 26.0 Å². The monoisotopic (exact) mass is 445 g/mol. The van der Waals surface area contributed by atoms with Crippen LogP contribution in [0.4, 0.5) is 0 Å². The van der Waals surface area contributed by atoms with E-state index < -0.39 is 0 Å². The van der Waals surface area contributed by atoms with Crippen molar-refractivity contribution in [2.45, 2.75) is 39.7 Å². The number of carbonyl (C=O) groups excluding carboxylic acids is 2. The second kappa shape index (κ2) is 12.2. The zero-order valence-electron chi connectivity index (χ0n) is 19.9. The van der Waals surface area contributed by atoms with Gasteiger partial charge in [0.15, 0.2) is 5.78 Å². The third-order valence-electron chi connectivity index (χ3n) is 5.92. The van der Waals surface area contributed by atoms with Crippen LogP contribution in [0.1, 0.15) is 43.4 Å². The molecule has 1 amide bonds. The summed E-state index contributed by atoms with van der Waals surface area (Å²) in [5.74, 6) is 0.235. The van der Waals surface area contributed by atoms with E-state index in [1.165, 1.54) is 22.0 Å². The lowest BCUT2D eigenvalue weighted by Crippen LogP contribution is -2.28. The van der Waals surface area contributed by atoms with Gasteiger partial charge in [-0.15, -0.1) is 0 Å². The van der Waals surface area contributed by atoms with E-state index in [0.717, 1.165) is 38.0 Å². The van der Waals surface area contributed by atoms with E-state index in [0.29, 0.717) is 6.42 Å². The van der Waals surface area contributed by atoms with E-state index >= 15 is 0 Å². The van der Waals surface area contributed by atoms with Gasteiger partial charge in [0.1, 0.15) is 0 Å². The molecule has 0 saturated heterocycles. The van der Waals surface area contributed by atoms with Crippen molar-refractivity contribution >= 4 is 28.7 Å². The predicted octanol–water partition coefficient (Wildman–Crippen LogP) is 4.98. The zero-order chi connectivity index (χ0) is 23.6. The van der Waals surface area contributed by atoms with Crippen molar-refractivity contribution in [1.29, 1.82) is 0 Å². The molecular weight excluding hydrogens is 410 g/mol. The summed E-state index contributed by atoms with van der Waals surface area (Å²) >= 11 is 0. The van der Waals surface area contributed by atoms with E-state index in [9.17, 15) is 9.59 Å². The molecule has 0 fully saturated rings. The molecule has 0 saturated carbocycles. The molecule has 33 heavy (non-hydrogen) atoms. The van der Waals surface area contributed by atoms with Gasteiger partial charge in [-0.3, -0.25) is 14.5 Å². The molecule has 5 nitrogen and oxygen atoms in total. The number of ketones is 1. The molecule has 0 unspecified atom stereocenters. The summed E-state index contributed by atoms with van der Waals surface area (Å²) in [6.07, 6.45) is 7.95. The van der Waals surface area contributed by atoms with Gasteiger partial charge < -0.3 is 10.3 Å². The number of hydrogen-bond donors (Lipinski definition) is 2. The number of benzene rings is 2. The molecule has 0 spiro atoms. The summed E-state index contributed by atoms with van der Waals surface area (Å²) in [7, 11) is 1.68. The van der Waals surface area contributed by atoms with Crippen molar-refractivity contribution in [2.24, 2.45) is 5.92 Å². The van der Waals surface area contributed by atoms with Crippen LogP contribution in [0, 0.1) is 5.92 Å². The van der Waals surface area contributed by atoms with Crippen LogP contribution in [0.3, 0.4) is 0 Å². The minimum atomic E-state index is 0.0148. The fourth-order valence-electron chi connectivity index (χ4n) is 3.84. The van der Waals surface area contributed by atoms with Gasteiger partial charge in [0.25, 0.3) is 0 Å². The standard InChI is InChI=1S/C28H35N3O2/c1-21(2)27(32)15-14-22-10-12-23(13-11-22)20-31(17-6-9-28(33)29-3)18-16-24-19-30-26-8-5-4-7-25(24)26/h4-5,7-8,10-15,19,21,30H,6,9,16-18,20H2,1-3H3,(H,29,33)/b15-14+. The van der Waals surface area contributed by atoms with Gasteiger partial charge >= 0.3 is 0 Å². The largest absolute Gasteiger partial charge is 0.361 e. The molecule has 3 rings (SSSR count). The Labute approximate surface area is 196 Å². The highest BCUT2D eigenvalue weighted by Crippen LogP contribution is 2.19. The first-order valence-corrected chi connectivity index (χ1v) is 11.7. The zero-order valence-corrected chi connectivity index (χ0v) is 19.9. The smallest absolute Gasteiger partial charge is 0.219 e. The lowest BCUT2D eigenvalue weighted by Gasteiger charge is -2.22. The van der Waals surface area contributed by atoms with E-state index in [1.54, 1.807) is 13.1 Å². The predicted molar refractivity (Wildman–Crippen MR) is 136 cm³/mol. The third kappa shape index (κ3) is 7.43. The number of rotatable bonds is 12. The van der Waals surface area contributed by atoms with Crippen molar-refractivity contribution < 1.29 is 9.59 Å². The van der Waals surface area contributed by atoms with Gasteiger partial charge in [-0.25, -0.2) is 0 Å². The quantitative estimate of drug-likeness (QED) is 0.387. The summed E-state index contributed by atoms with van der Waals surface area (Å²) in [4.78, 5) is 29.3. The minimum Gasteiger partial charge on any atom is -0.361 e. The Morgan fingerprint density at radius 1 is 1.06 bits per heavy atom. The minimum absolute atomic E-state index is 0.0148. The van der Waals surface area contributed by atoms with Gasteiger partial charge in [-0.05, 0) is 48.2 Å². The summed E-state index contributed by atoms with van der Waals surface area (Å²) in [6.45, 7) is 6.42. The van der Waals surface area contributed by atoms with Crippen LogP contribution in [0.5, 0.6) is 0 Å². The maximum absolute atomic E-state index is 11.8. The first kappa shape index (κ1) is 24.5. The Balaban J connectivity index is 1.64. The van der Waals surface area contributed by atoms with Crippen LogP contribution < -0.4 is 5.32 Å². The molecule has 174 valence electrons. The topological polar surface area (TPSA) is 65.2 Å². The van der Waals surface area contributed by atoms with Gasteiger partial charge in [0.05, 0.1) is 0 Å². The number of aromatic amines is 1. The van der Waals surface area contributed by atoms with Crippen LogP contribution in [0.25, 0.3) is 17.0 Å². The second-order valence-electron chi connectivity index (χ2n) is 8.79. The molecule has 5 heteroatoms. The molecule has 0 atom stereocenters. The number of hydrogen-bond acceptors (Lipinski definition) is 3. The molecule has 3 aromatic rings. The fraction of sp³-hybridized carbons (Fsp3) is 0.357.